The smallest absolute Gasteiger partial charge is 0.191 e. The minimum absolute atomic E-state index is 0. The fraction of sp³-hybridized carbons (Fsp3) is 0.650. The average Bonchev–Trinajstić information content (AvgIpc) is 3.37. The second-order valence-corrected chi connectivity index (χ2v) is 6.84. The fourth-order valence-electron chi connectivity index (χ4n) is 2.87. The summed E-state index contributed by atoms with van der Waals surface area (Å²) in [5.41, 5.74) is 2.72. The van der Waals surface area contributed by atoms with E-state index in [9.17, 15) is 0 Å². The first-order valence-electron chi connectivity index (χ1n) is 9.36. The number of rotatable bonds is 10. The van der Waals surface area contributed by atoms with Crippen molar-refractivity contribution in [1.29, 1.82) is 0 Å². The molecule has 0 amide bonds. The van der Waals surface area contributed by atoms with Gasteiger partial charge < -0.3 is 20.1 Å². The molecule has 2 N–H and O–H groups in total. The van der Waals surface area contributed by atoms with Gasteiger partial charge in [-0.05, 0) is 57.1 Å². The number of benzene rings is 1. The van der Waals surface area contributed by atoms with Crippen molar-refractivity contribution in [2.24, 2.45) is 10.4 Å². The SMILES string of the molecule is CCNC(=NCc1ccc(C)cc1OCC)NCC1(CCOC)CC1.I. The quantitative estimate of drug-likeness (QED) is 0.307. The second kappa shape index (κ2) is 11.6. The number of guanidine groups is 1. The van der Waals surface area contributed by atoms with Crippen LogP contribution in [0.1, 0.15) is 44.2 Å². The van der Waals surface area contributed by atoms with Crippen LogP contribution in [0.4, 0.5) is 0 Å². The number of halogens is 1. The van der Waals surface area contributed by atoms with E-state index >= 15 is 0 Å². The number of nitrogens with one attached hydrogen (secondary N) is 2. The third-order valence-corrected chi connectivity index (χ3v) is 4.70. The number of methoxy groups -OCH3 is 1. The molecule has 0 aromatic heterocycles. The fourth-order valence-corrected chi connectivity index (χ4v) is 2.87. The van der Waals surface area contributed by atoms with Gasteiger partial charge in [0.25, 0.3) is 0 Å². The Morgan fingerprint density at radius 2 is 2.00 bits per heavy atom. The van der Waals surface area contributed by atoms with Crippen molar-refractivity contribution in [3.63, 3.8) is 0 Å². The van der Waals surface area contributed by atoms with Crippen molar-refractivity contribution in [2.75, 3.05) is 33.4 Å². The molecule has 148 valence electrons. The molecule has 6 heteroatoms. The number of aryl methyl sites for hydroxylation is 1. The number of nitrogens with zero attached hydrogens (tertiary/aromatic N) is 1. The molecule has 0 heterocycles. The summed E-state index contributed by atoms with van der Waals surface area (Å²) < 4.78 is 11.0. The van der Waals surface area contributed by atoms with Gasteiger partial charge in [-0.15, -0.1) is 24.0 Å². The van der Waals surface area contributed by atoms with E-state index in [1.54, 1.807) is 7.11 Å². The maximum absolute atomic E-state index is 5.75. The van der Waals surface area contributed by atoms with Gasteiger partial charge in [-0.3, -0.25) is 0 Å². The third-order valence-electron chi connectivity index (χ3n) is 4.70. The molecule has 1 saturated carbocycles. The third kappa shape index (κ3) is 7.31. The molecule has 0 saturated heterocycles. The summed E-state index contributed by atoms with van der Waals surface area (Å²) in [6.45, 7) is 10.1. The Labute approximate surface area is 175 Å². The Morgan fingerprint density at radius 1 is 1.23 bits per heavy atom. The molecule has 1 fully saturated rings. The molecule has 1 aliphatic rings. The molecule has 0 unspecified atom stereocenters. The van der Waals surface area contributed by atoms with Gasteiger partial charge in [-0.2, -0.15) is 0 Å². The molecule has 1 aromatic carbocycles. The zero-order chi connectivity index (χ0) is 18.1. The van der Waals surface area contributed by atoms with Gasteiger partial charge in [0.05, 0.1) is 13.2 Å². The molecule has 1 aliphatic carbocycles. The summed E-state index contributed by atoms with van der Waals surface area (Å²) >= 11 is 0. The van der Waals surface area contributed by atoms with Gasteiger partial charge in [0, 0.05) is 32.4 Å². The topological polar surface area (TPSA) is 54.9 Å². The van der Waals surface area contributed by atoms with Crippen molar-refractivity contribution < 1.29 is 9.47 Å². The van der Waals surface area contributed by atoms with Crippen LogP contribution in [-0.4, -0.2) is 39.4 Å². The van der Waals surface area contributed by atoms with Crippen molar-refractivity contribution in [3.05, 3.63) is 29.3 Å². The highest BCUT2D eigenvalue weighted by atomic mass is 127. The second-order valence-electron chi connectivity index (χ2n) is 6.84. The van der Waals surface area contributed by atoms with E-state index < -0.39 is 0 Å². The van der Waals surface area contributed by atoms with Crippen LogP contribution in [0.3, 0.4) is 0 Å². The van der Waals surface area contributed by atoms with Crippen LogP contribution in [0.5, 0.6) is 5.75 Å². The zero-order valence-corrected chi connectivity index (χ0v) is 18.9. The highest BCUT2D eigenvalue weighted by Crippen LogP contribution is 2.48. The predicted octanol–water partition coefficient (Wildman–Crippen LogP) is 3.88. The normalized spacial score (nSPS) is 15.2. The van der Waals surface area contributed by atoms with Gasteiger partial charge in [-0.25, -0.2) is 4.99 Å². The van der Waals surface area contributed by atoms with E-state index in [-0.39, 0.29) is 24.0 Å². The van der Waals surface area contributed by atoms with Gasteiger partial charge in [0.1, 0.15) is 5.75 Å². The van der Waals surface area contributed by atoms with E-state index in [0.29, 0.717) is 18.6 Å². The van der Waals surface area contributed by atoms with E-state index in [0.717, 1.165) is 43.4 Å². The van der Waals surface area contributed by atoms with Crippen LogP contribution in [0.25, 0.3) is 0 Å². The molecular weight excluding hydrogens is 441 g/mol. The zero-order valence-electron chi connectivity index (χ0n) is 16.6. The van der Waals surface area contributed by atoms with E-state index in [4.69, 9.17) is 14.5 Å². The van der Waals surface area contributed by atoms with E-state index in [1.807, 2.05) is 6.92 Å². The minimum atomic E-state index is 0. The lowest BCUT2D eigenvalue weighted by Gasteiger charge is -2.18. The molecule has 0 spiro atoms. The van der Waals surface area contributed by atoms with Crippen molar-refractivity contribution in [2.45, 2.75) is 46.6 Å². The molecular formula is C20H34IN3O2. The maximum Gasteiger partial charge on any atom is 0.191 e. The van der Waals surface area contributed by atoms with Crippen LogP contribution >= 0.6 is 24.0 Å². The standard InChI is InChI=1S/C20H33N3O2.HI/c1-5-21-19(23-15-20(9-10-20)11-12-24-4)22-14-17-8-7-16(3)13-18(17)25-6-2;/h7-8,13H,5-6,9-12,14-15H2,1-4H3,(H2,21,22,23);1H. The van der Waals surface area contributed by atoms with Crippen LogP contribution in [0, 0.1) is 12.3 Å². The first-order valence-corrected chi connectivity index (χ1v) is 9.36. The first kappa shape index (κ1) is 23.0. The summed E-state index contributed by atoms with van der Waals surface area (Å²) in [7, 11) is 1.77. The van der Waals surface area contributed by atoms with Crippen molar-refractivity contribution in [1.82, 2.24) is 10.6 Å². The monoisotopic (exact) mass is 475 g/mol. The molecule has 0 aliphatic heterocycles. The van der Waals surface area contributed by atoms with Crippen molar-refractivity contribution in [3.8, 4) is 5.75 Å². The lowest BCUT2D eigenvalue weighted by Crippen LogP contribution is -2.40. The van der Waals surface area contributed by atoms with Crippen molar-refractivity contribution >= 4 is 29.9 Å². The van der Waals surface area contributed by atoms with Crippen LogP contribution in [0.2, 0.25) is 0 Å². The Hall–Kier alpha value is -1.02. The molecule has 26 heavy (non-hydrogen) atoms. The predicted molar refractivity (Wildman–Crippen MR) is 119 cm³/mol. The van der Waals surface area contributed by atoms with Gasteiger partial charge in [0.15, 0.2) is 5.96 Å². The number of hydrogen-bond acceptors (Lipinski definition) is 3. The molecule has 0 bridgehead atoms. The first-order chi connectivity index (χ1) is 12.1. The number of ether oxygens (including phenoxy) is 2. The van der Waals surface area contributed by atoms with E-state index in [1.165, 1.54) is 18.4 Å². The maximum atomic E-state index is 5.75. The lowest BCUT2D eigenvalue weighted by molar-refractivity contribution is 0.172. The van der Waals surface area contributed by atoms with E-state index in [2.05, 4.69) is 42.7 Å². The molecule has 0 atom stereocenters. The molecule has 5 nitrogen and oxygen atoms in total. The summed E-state index contributed by atoms with van der Waals surface area (Å²) in [5.74, 6) is 1.80. The molecule has 0 radical (unpaired) electrons. The Bertz CT molecular complexity index is 574. The van der Waals surface area contributed by atoms with Crippen LogP contribution in [-0.2, 0) is 11.3 Å². The number of aliphatic imine (C=N–C) groups is 1. The molecule has 1 aromatic rings. The molecule has 2 rings (SSSR count). The summed E-state index contributed by atoms with van der Waals surface area (Å²) in [6.07, 6.45) is 3.66. The Morgan fingerprint density at radius 3 is 2.62 bits per heavy atom. The Balaban J connectivity index is 0.00000338. The van der Waals surface area contributed by atoms with Gasteiger partial charge >= 0.3 is 0 Å². The van der Waals surface area contributed by atoms with Gasteiger partial charge in [0.2, 0.25) is 0 Å². The largest absolute Gasteiger partial charge is 0.494 e. The van der Waals surface area contributed by atoms with Crippen LogP contribution in [0.15, 0.2) is 23.2 Å². The Kier molecular flexibility index (Phi) is 10.3. The highest BCUT2D eigenvalue weighted by Gasteiger charge is 2.41. The van der Waals surface area contributed by atoms with Crippen LogP contribution < -0.4 is 15.4 Å². The summed E-state index contributed by atoms with van der Waals surface area (Å²) in [4.78, 5) is 4.75. The highest BCUT2D eigenvalue weighted by molar-refractivity contribution is 14.0. The lowest BCUT2D eigenvalue weighted by atomic mass is 10.0. The minimum Gasteiger partial charge on any atom is -0.494 e. The summed E-state index contributed by atoms with van der Waals surface area (Å²) in [5, 5.41) is 6.85. The average molecular weight is 475 g/mol. The number of hydrogen-bond donors (Lipinski definition) is 2. The van der Waals surface area contributed by atoms with Gasteiger partial charge in [-0.1, -0.05) is 12.1 Å². The summed E-state index contributed by atoms with van der Waals surface area (Å²) in [6, 6.07) is 6.30.